The van der Waals surface area contributed by atoms with E-state index in [0.29, 0.717) is 35.8 Å². The highest BCUT2D eigenvalue weighted by molar-refractivity contribution is 6.10. The summed E-state index contributed by atoms with van der Waals surface area (Å²) in [6, 6.07) is 9.83. The van der Waals surface area contributed by atoms with Gasteiger partial charge in [-0.1, -0.05) is 26.0 Å². The van der Waals surface area contributed by atoms with Crippen LogP contribution in [0.3, 0.4) is 0 Å². The lowest BCUT2D eigenvalue weighted by molar-refractivity contribution is -0.138. The van der Waals surface area contributed by atoms with Crippen molar-refractivity contribution in [3.05, 3.63) is 76.4 Å². The number of hydrogen-bond acceptors (Lipinski definition) is 6. The molecule has 4 heterocycles. The number of ether oxygens (including phenoxy) is 1. The van der Waals surface area contributed by atoms with Crippen LogP contribution in [0.15, 0.2) is 42.7 Å². The number of halogens is 4. The first-order valence-corrected chi connectivity index (χ1v) is 14.1. The Balaban J connectivity index is 1.31. The van der Waals surface area contributed by atoms with E-state index in [-0.39, 0.29) is 42.8 Å². The molecule has 0 unspecified atom stereocenters. The maximum absolute atomic E-state index is 15.9. The lowest BCUT2D eigenvalue weighted by Gasteiger charge is -2.43. The standard InChI is InChI=1S/C30H34F4N6O2/c1-18(2)25-14-39(8-7-35-25)12-19-9-22-23(24(10-19)30(32,33)34)13-40(28(22)41)21-6-4-5-20(11-21)29(15-42-16-29)26(31)27-37-36-17-38(27)3/h4-6,9-11,17-18,25-26,35H,7-8,12-16H2,1-3H3/t25-,26+/m1/s1. The van der Waals surface area contributed by atoms with Crippen LogP contribution in [0.4, 0.5) is 23.2 Å². The van der Waals surface area contributed by atoms with Crippen molar-refractivity contribution in [1.82, 2.24) is 25.0 Å². The van der Waals surface area contributed by atoms with Crippen molar-refractivity contribution >= 4 is 11.6 Å². The van der Waals surface area contributed by atoms with E-state index in [1.165, 1.54) is 21.9 Å². The minimum Gasteiger partial charge on any atom is -0.379 e. The Bertz CT molecular complexity index is 1480. The first-order valence-electron chi connectivity index (χ1n) is 14.1. The SMILES string of the molecule is CC(C)[C@H]1CN(Cc2cc3c(c(C(F)(F)F)c2)CN(c2cccc(C4([C@@H](F)c5nncn5C)COC4)c2)C3=O)CCN1. The number of piperazine rings is 1. The van der Waals surface area contributed by atoms with Gasteiger partial charge in [0.1, 0.15) is 6.33 Å². The number of alkyl halides is 4. The van der Waals surface area contributed by atoms with Crippen LogP contribution < -0.4 is 10.2 Å². The zero-order chi connectivity index (χ0) is 29.8. The average molecular weight is 587 g/mol. The largest absolute Gasteiger partial charge is 0.416 e. The average Bonchev–Trinajstić information content (AvgIpc) is 3.50. The second-order valence-corrected chi connectivity index (χ2v) is 12.0. The number of benzene rings is 2. The van der Waals surface area contributed by atoms with E-state index in [4.69, 9.17) is 4.74 Å². The number of anilines is 1. The second kappa shape index (κ2) is 10.7. The minimum atomic E-state index is -4.62. The van der Waals surface area contributed by atoms with Crippen molar-refractivity contribution in [2.75, 3.05) is 37.7 Å². The Morgan fingerprint density at radius 1 is 1.19 bits per heavy atom. The van der Waals surface area contributed by atoms with Crippen LogP contribution in [0.1, 0.15) is 58.5 Å². The molecule has 2 fully saturated rings. The Labute approximate surface area is 241 Å². The molecule has 12 heteroatoms. The molecule has 224 valence electrons. The van der Waals surface area contributed by atoms with Gasteiger partial charge in [-0.3, -0.25) is 9.69 Å². The topological polar surface area (TPSA) is 75.5 Å². The van der Waals surface area contributed by atoms with E-state index >= 15 is 4.39 Å². The third kappa shape index (κ3) is 4.99. The predicted octanol–water partition coefficient (Wildman–Crippen LogP) is 4.40. The summed E-state index contributed by atoms with van der Waals surface area (Å²) in [4.78, 5) is 17.2. The summed E-state index contributed by atoms with van der Waals surface area (Å²) < 4.78 is 65.8. The fourth-order valence-corrected chi connectivity index (χ4v) is 6.24. The van der Waals surface area contributed by atoms with Gasteiger partial charge in [-0.25, -0.2) is 4.39 Å². The van der Waals surface area contributed by atoms with Crippen molar-refractivity contribution in [3.63, 3.8) is 0 Å². The van der Waals surface area contributed by atoms with Gasteiger partial charge in [0.25, 0.3) is 5.91 Å². The quantitative estimate of drug-likeness (QED) is 0.414. The van der Waals surface area contributed by atoms with Crippen molar-refractivity contribution in [1.29, 1.82) is 0 Å². The first kappa shape index (κ1) is 28.8. The molecule has 2 atom stereocenters. The highest BCUT2D eigenvalue weighted by atomic mass is 19.4. The van der Waals surface area contributed by atoms with E-state index in [0.717, 1.165) is 13.1 Å². The highest BCUT2D eigenvalue weighted by Crippen LogP contribution is 2.47. The van der Waals surface area contributed by atoms with Crippen LogP contribution in [0.25, 0.3) is 0 Å². The molecular weight excluding hydrogens is 552 g/mol. The smallest absolute Gasteiger partial charge is 0.379 e. The minimum absolute atomic E-state index is 0.0360. The number of carbonyl (C=O) groups is 1. The van der Waals surface area contributed by atoms with Crippen molar-refractivity contribution in [3.8, 4) is 0 Å². The molecular formula is C30H34F4N6O2. The molecule has 42 heavy (non-hydrogen) atoms. The molecule has 8 nitrogen and oxygen atoms in total. The fourth-order valence-electron chi connectivity index (χ4n) is 6.24. The lowest BCUT2D eigenvalue weighted by atomic mass is 9.74. The number of nitrogens with zero attached hydrogens (tertiary/aromatic N) is 5. The summed E-state index contributed by atoms with van der Waals surface area (Å²) in [5.74, 6) is 0.0435. The molecule has 0 radical (unpaired) electrons. The maximum Gasteiger partial charge on any atom is 0.416 e. The fraction of sp³-hybridized carbons (Fsp3) is 0.500. The van der Waals surface area contributed by atoms with Gasteiger partial charge in [0, 0.05) is 50.5 Å². The molecule has 0 bridgehead atoms. The summed E-state index contributed by atoms with van der Waals surface area (Å²) in [5.41, 5.74) is -0.358. The molecule has 1 aromatic heterocycles. The molecule has 1 amide bonds. The summed E-state index contributed by atoms with van der Waals surface area (Å²) in [7, 11) is 1.66. The first-order chi connectivity index (χ1) is 20.0. The number of carbonyl (C=O) groups excluding carboxylic acids is 1. The summed E-state index contributed by atoms with van der Waals surface area (Å²) in [5, 5.41) is 11.2. The Morgan fingerprint density at radius 2 is 1.98 bits per heavy atom. The molecule has 3 aliphatic rings. The van der Waals surface area contributed by atoms with Crippen LogP contribution in [0.2, 0.25) is 0 Å². The zero-order valence-corrected chi connectivity index (χ0v) is 23.8. The lowest BCUT2D eigenvalue weighted by Crippen LogP contribution is -2.52. The van der Waals surface area contributed by atoms with Gasteiger partial charge in [0.2, 0.25) is 0 Å². The molecule has 1 N–H and O–H groups in total. The van der Waals surface area contributed by atoms with E-state index in [9.17, 15) is 18.0 Å². The number of rotatable bonds is 7. The number of aryl methyl sites for hydroxylation is 1. The van der Waals surface area contributed by atoms with E-state index < -0.39 is 29.2 Å². The van der Waals surface area contributed by atoms with Gasteiger partial charge >= 0.3 is 6.18 Å². The van der Waals surface area contributed by atoms with Crippen LogP contribution in [-0.2, 0) is 36.5 Å². The monoisotopic (exact) mass is 586 g/mol. The Morgan fingerprint density at radius 3 is 2.62 bits per heavy atom. The van der Waals surface area contributed by atoms with Gasteiger partial charge in [-0.15, -0.1) is 10.2 Å². The van der Waals surface area contributed by atoms with E-state index in [1.807, 2.05) is 0 Å². The third-order valence-electron chi connectivity index (χ3n) is 8.82. The van der Waals surface area contributed by atoms with Gasteiger partial charge in [-0.05, 0) is 46.9 Å². The van der Waals surface area contributed by atoms with Crippen molar-refractivity contribution < 1.29 is 27.1 Å². The highest BCUT2D eigenvalue weighted by Gasteiger charge is 2.51. The molecule has 3 aliphatic heterocycles. The molecule has 0 saturated carbocycles. The van der Waals surface area contributed by atoms with Gasteiger partial charge < -0.3 is 19.5 Å². The second-order valence-electron chi connectivity index (χ2n) is 12.0. The van der Waals surface area contributed by atoms with Gasteiger partial charge in [0.05, 0.1) is 30.7 Å². The summed E-state index contributed by atoms with van der Waals surface area (Å²) in [6.45, 7) is 6.73. The molecule has 0 aliphatic carbocycles. The van der Waals surface area contributed by atoms with E-state index in [1.54, 1.807) is 37.4 Å². The number of hydrogen-bond donors (Lipinski definition) is 1. The normalized spacial score (nSPS) is 21.5. The Kier molecular flexibility index (Phi) is 7.35. The third-order valence-corrected chi connectivity index (χ3v) is 8.82. The van der Waals surface area contributed by atoms with E-state index in [2.05, 4.69) is 34.3 Å². The molecule has 2 aromatic carbocycles. The Hall–Kier alpha value is -3.35. The van der Waals surface area contributed by atoms with Gasteiger partial charge in [0.15, 0.2) is 12.0 Å². The van der Waals surface area contributed by atoms with Gasteiger partial charge in [-0.2, -0.15) is 13.2 Å². The number of fused-ring (bicyclic) bond motifs is 1. The van der Waals surface area contributed by atoms with Crippen LogP contribution >= 0.6 is 0 Å². The maximum atomic E-state index is 15.9. The molecule has 0 spiro atoms. The number of amides is 1. The zero-order valence-electron chi connectivity index (χ0n) is 23.8. The van der Waals surface area contributed by atoms with Crippen LogP contribution in [0, 0.1) is 5.92 Å². The number of aromatic nitrogens is 3. The summed E-state index contributed by atoms with van der Waals surface area (Å²) in [6.07, 6.45) is -4.73. The van der Waals surface area contributed by atoms with Crippen LogP contribution in [0.5, 0.6) is 0 Å². The predicted molar refractivity (Wildman–Crippen MR) is 148 cm³/mol. The molecule has 3 aromatic rings. The summed E-state index contributed by atoms with van der Waals surface area (Å²) >= 11 is 0. The van der Waals surface area contributed by atoms with Crippen LogP contribution in [-0.4, -0.2) is 64.5 Å². The molecule has 6 rings (SSSR count). The van der Waals surface area contributed by atoms with Crippen molar-refractivity contribution in [2.24, 2.45) is 13.0 Å². The van der Waals surface area contributed by atoms with Crippen molar-refractivity contribution in [2.45, 2.75) is 50.7 Å². The molecule has 2 saturated heterocycles. The number of nitrogens with one attached hydrogen (secondary N) is 1.